The minimum Gasteiger partial charge on any atom is -0.262 e. The van der Waals surface area contributed by atoms with Gasteiger partial charge in [-0.15, -0.1) is 0 Å². The summed E-state index contributed by atoms with van der Waals surface area (Å²) in [7, 11) is -7.28. The van der Waals surface area contributed by atoms with Crippen LogP contribution in [0.4, 0.5) is 0 Å². The lowest BCUT2D eigenvalue weighted by atomic mass is 9.87. The maximum absolute atomic E-state index is 11.9. The SMILES string of the molecule is C[C@@H]([C@H](NS(C)(=O)=O)c1ccccc1)[C@@H](OS(C)(=O)=O)c1ccccc1. The number of rotatable bonds is 8. The summed E-state index contributed by atoms with van der Waals surface area (Å²) in [6.07, 6.45) is 1.22. The van der Waals surface area contributed by atoms with Gasteiger partial charge in [-0.1, -0.05) is 67.6 Å². The lowest BCUT2D eigenvalue weighted by molar-refractivity contribution is 0.132. The average Bonchev–Trinajstić information content (AvgIpc) is 2.57. The zero-order valence-electron chi connectivity index (χ0n) is 14.9. The molecule has 0 saturated carbocycles. The summed E-state index contributed by atoms with van der Waals surface area (Å²) in [6, 6.07) is 17.3. The van der Waals surface area contributed by atoms with Crippen molar-refractivity contribution in [2.45, 2.75) is 19.1 Å². The van der Waals surface area contributed by atoms with E-state index in [0.29, 0.717) is 5.56 Å². The van der Waals surface area contributed by atoms with Gasteiger partial charge >= 0.3 is 0 Å². The first-order chi connectivity index (χ1) is 12.1. The van der Waals surface area contributed by atoms with Crippen molar-refractivity contribution in [2.24, 2.45) is 5.92 Å². The van der Waals surface area contributed by atoms with Gasteiger partial charge in [0, 0.05) is 5.92 Å². The van der Waals surface area contributed by atoms with Crippen molar-refractivity contribution in [3.63, 3.8) is 0 Å². The number of sulfonamides is 1. The van der Waals surface area contributed by atoms with Crippen LogP contribution >= 0.6 is 0 Å². The van der Waals surface area contributed by atoms with Crippen LogP contribution < -0.4 is 4.72 Å². The van der Waals surface area contributed by atoms with E-state index < -0.39 is 38.2 Å². The van der Waals surface area contributed by atoms with Crippen LogP contribution in [-0.2, 0) is 24.3 Å². The first-order valence-electron chi connectivity index (χ1n) is 8.02. The molecule has 2 rings (SSSR count). The van der Waals surface area contributed by atoms with Gasteiger partial charge in [-0.05, 0) is 11.1 Å². The highest BCUT2D eigenvalue weighted by molar-refractivity contribution is 7.88. The Morgan fingerprint density at radius 3 is 1.69 bits per heavy atom. The molecule has 2 aromatic carbocycles. The van der Waals surface area contributed by atoms with Gasteiger partial charge in [0.05, 0.1) is 18.6 Å². The molecule has 0 heterocycles. The van der Waals surface area contributed by atoms with Gasteiger partial charge in [-0.25, -0.2) is 13.1 Å². The van der Waals surface area contributed by atoms with Crippen LogP contribution in [0.2, 0.25) is 0 Å². The second-order valence-electron chi connectivity index (χ2n) is 6.27. The van der Waals surface area contributed by atoms with Gasteiger partial charge in [-0.3, -0.25) is 4.18 Å². The van der Waals surface area contributed by atoms with Gasteiger partial charge in [0.1, 0.15) is 6.10 Å². The maximum Gasteiger partial charge on any atom is 0.264 e. The number of hydrogen-bond acceptors (Lipinski definition) is 5. The second kappa shape index (κ2) is 8.30. The molecule has 0 amide bonds. The van der Waals surface area contributed by atoms with Crippen LogP contribution in [0, 0.1) is 5.92 Å². The fourth-order valence-corrected chi connectivity index (χ4v) is 4.30. The zero-order chi connectivity index (χ0) is 19.4. The van der Waals surface area contributed by atoms with E-state index in [0.717, 1.165) is 18.1 Å². The summed E-state index contributed by atoms with van der Waals surface area (Å²) < 4.78 is 55.3. The first kappa shape index (κ1) is 20.6. The standard InChI is InChI=1S/C18H23NO5S2/c1-14(17(19-25(2,20)21)15-10-6-4-7-11-15)18(24-26(3,22)23)16-12-8-5-9-13-16/h4-14,17-19H,1-3H3/t14-,17-,18+/m0/s1. The Bertz CT molecular complexity index is 835. The molecule has 0 fully saturated rings. The van der Waals surface area contributed by atoms with Crippen LogP contribution in [0.5, 0.6) is 0 Å². The van der Waals surface area contributed by atoms with E-state index in [2.05, 4.69) is 4.72 Å². The Morgan fingerprint density at radius 1 is 0.808 bits per heavy atom. The van der Waals surface area contributed by atoms with Crippen molar-refractivity contribution in [2.75, 3.05) is 12.5 Å². The fraction of sp³-hybridized carbons (Fsp3) is 0.333. The quantitative estimate of drug-likeness (QED) is 0.692. The molecular formula is C18H23NO5S2. The molecule has 6 nitrogen and oxygen atoms in total. The molecule has 8 heteroatoms. The van der Waals surface area contributed by atoms with E-state index in [4.69, 9.17) is 4.18 Å². The molecule has 0 aliphatic carbocycles. The monoisotopic (exact) mass is 397 g/mol. The Kier molecular flexibility index (Phi) is 6.57. The van der Waals surface area contributed by atoms with E-state index in [1.54, 1.807) is 55.5 Å². The third-order valence-electron chi connectivity index (χ3n) is 3.91. The number of benzene rings is 2. The third-order valence-corrected chi connectivity index (χ3v) is 5.15. The van der Waals surface area contributed by atoms with Gasteiger partial charge < -0.3 is 0 Å². The Hall–Kier alpha value is -1.74. The number of hydrogen-bond donors (Lipinski definition) is 1. The molecule has 0 aliphatic rings. The van der Waals surface area contributed by atoms with Crippen LogP contribution in [-0.4, -0.2) is 29.3 Å². The highest BCUT2D eigenvalue weighted by Gasteiger charge is 2.33. The molecule has 1 N–H and O–H groups in total. The Balaban J connectivity index is 2.49. The molecule has 26 heavy (non-hydrogen) atoms. The summed E-state index contributed by atoms with van der Waals surface area (Å²) in [5.41, 5.74) is 1.38. The van der Waals surface area contributed by atoms with E-state index in [1.807, 2.05) is 12.1 Å². The summed E-state index contributed by atoms with van der Waals surface area (Å²) >= 11 is 0. The molecule has 0 spiro atoms. The van der Waals surface area contributed by atoms with Gasteiger partial charge in [0.25, 0.3) is 10.1 Å². The van der Waals surface area contributed by atoms with Crippen molar-refractivity contribution < 1.29 is 21.0 Å². The van der Waals surface area contributed by atoms with Crippen molar-refractivity contribution in [1.82, 2.24) is 4.72 Å². The van der Waals surface area contributed by atoms with Gasteiger partial charge in [0.15, 0.2) is 0 Å². The topological polar surface area (TPSA) is 89.5 Å². The molecule has 3 atom stereocenters. The molecule has 0 bridgehead atoms. The van der Waals surface area contributed by atoms with Gasteiger partial charge in [-0.2, -0.15) is 8.42 Å². The van der Waals surface area contributed by atoms with Crippen LogP contribution in [0.15, 0.2) is 60.7 Å². The molecule has 0 aromatic heterocycles. The van der Waals surface area contributed by atoms with Crippen LogP contribution in [0.3, 0.4) is 0 Å². The van der Waals surface area contributed by atoms with Crippen molar-refractivity contribution in [3.8, 4) is 0 Å². The molecule has 0 radical (unpaired) electrons. The van der Waals surface area contributed by atoms with Crippen LogP contribution in [0.25, 0.3) is 0 Å². The van der Waals surface area contributed by atoms with E-state index in [9.17, 15) is 16.8 Å². The van der Waals surface area contributed by atoms with Crippen molar-refractivity contribution in [1.29, 1.82) is 0 Å². The zero-order valence-corrected chi connectivity index (χ0v) is 16.5. The third kappa shape index (κ3) is 6.21. The minimum atomic E-state index is -3.75. The van der Waals surface area contributed by atoms with Crippen LogP contribution in [0.1, 0.15) is 30.2 Å². The molecular weight excluding hydrogens is 374 g/mol. The first-order valence-corrected chi connectivity index (χ1v) is 11.7. The lowest BCUT2D eigenvalue weighted by Crippen LogP contribution is -2.35. The average molecular weight is 398 g/mol. The summed E-state index contributed by atoms with van der Waals surface area (Å²) in [5.74, 6) is -0.496. The van der Waals surface area contributed by atoms with Gasteiger partial charge in [0.2, 0.25) is 10.0 Å². The van der Waals surface area contributed by atoms with Crippen molar-refractivity contribution >= 4 is 20.1 Å². The lowest BCUT2D eigenvalue weighted by Gasteiger charge is -2.31. The van der Waals surface area contributed by atoms with E-state index in [-0.39, 0.29) is 0 Å². The minimum absolute atomic E-state index is 0.496. The second-order valence-corrected chi connectivity index (χ2v) is 9.65. The molecule has 142 valence electrons. The smallest absolute Gasteiger partial charge is 0.262 e. The van der Waals surface area contributed by atoms with E-state index >= 15 is 0 Å². The summed E-state index contributed by atoms with van der Waals surface area (Å²) in [5, 5.41) is 0. The predicted molar refractivity (Wildman–Crippen MR) is 101 cm³/mol. The predicted octanol–water partition coefficient (Wildman–Crippen LogP) is 2.63. The summed E-state index contributed by atoms with van der Waals surface area (Å²) in [6.45, 7) is 1.76. The molecule has 2 aromatic rings. The summed E-state index contributed by atoms with van der Waals surface area (Å²) in [4.78, 5) is 0. The van der Waals surface area contributed by atoms with E-state index in [1.165, 1.54) is 0 Å². The fourth-order valence-electron chi connectivity index (χ4n) is 2.82. The molecule has 0 unspecified atom stereocenters. The number of nitrogens with one attached hydrogen (secondary N) is 1. The van der Waals surface area contributed by atoms with Crippen molar-refractivity contribution in [3.05, 3.63) is 71.8 Å². The normalized spacial score (nSPS) is 16.0. The Labute approximate surface area is 155 Å². The maximum atomic E-state index is 11.9. The Morgan fingerprint density at radius 2 is 1.27 bits per heavy atom. The molecule has 0 aliphatic heterocycles. The highest BCUT2D eigenvalue weighted by Crippen LogP contribution is 2.36. The molecule has 0 saturated heterocycles. The highest BCUT2D eigenvalue weighted by atomic mass is 32.2. The largest absolute Gasteiger partial charge is 0.264 e.